The Morgan fingerprint density at radius 1 is 1.29 bits per heavy atom. The zero-order valence-corrected chi connectivity index (χ0v) is 13.9. The molecular formula is C13H11Cl2NO3S2. The highest BCUT2D eigenvalue weighted by Crippen LogP contribution is 2.42. The van der Waals surface area contributed by atoms with Gasteiger partial charge in [-0.2, -0.15) is 0 Å². The molecule has 1 aromatic carbocycles. The van der Waals surface area contributed by atoms with Crippen molar-refractivity contribution in [3.63, 3.8) is 0 Å². The first-order valence-electron chi connectivity index (χ1n) is 6.19. The summed E-state index contributed by atoms with van der Waals surface area (Å²) >= 11 is 12.8. The summed E-state index contributed by atoms with van der Waals surface area (Å²) in [6.07, 6.45) is 1.42. The van der Waals surface area contributed by atoms with E-state index in [4.69, 9.17) is 23.2 Å². The molecule has 0 atom stereocenters. The van der Waals surface area contributed by atoms with Gasteiger partial charge in [0.05, 0.1) is 10.0 Å². The molecule has 0 bridgehead atoms. The Bertz CT molecular complexity index is 802. The number of phenolic OH excluding ortho intramolecular Hbond substituents is 1. The van der Waals surface area contributed by atoms with Gasteiger partial charge in [0.1, 0.15) is 15.0 Å². The van der Waals surface area contributed by atoms with Crippen LogP contribution < -0.4 is 4.31 Å². The summed E-state index contributed by atoms with van der Waals surface area (Å²) in [7, 11) is -3.84. The molecule has 112 valence electrons. The third kappa shape index (κ3) is 2.50. The maximum absolute atomic E-state index is 12.8. The Kier molecular flexibility index (Phi) is 3.81. The van der Waals surface area contributed by atoms with Gasteiger partial charge in [0.25, 0.3) is 10.0 Å². The highest BCUT2D eigenvalue weighted by molar-refractivity contribution is 7.93. The molecular weight excluding hydrogens is 353 g/mol. The van der Waals surface area contributed by atoms with Crippen molar-refractivity contribution in [1.82, 2.24) is 0 Å². The van der Waals surface area contributed by atoms with E-state index in [9.17, 15) is 13.5 Å². The lowest BCUT2D eigenvalue weighted by molar-refractivity contribution is 0.473. The molecule has 1 aliphatic rings. The van der Waals surface area contributed by atoms with Crippen molar-refractivity contribution in [2.45, 2.75) is 17.7 Å². The fourth-order valence-corrected chi connectivity index (χ4v) is 6.12. The minimum absolute atomic E-state index is 0.0183. The molecule has 1 aromatic heterocycles. The Labute approximate surface area is 136 Å². The minimum Gasteiger partial charge on any atom is -0.506 e. The molecule has 4 nitrogen and oxygen atoms in total. The van der Waals surface area contributed by atoms with E-state index in [0.717, 1.165) is 23.3 Å². The zero-order valence-electron chi connectivity index (χ0n) is 10.7. The average molecular weight is 364 g/mol. The number of phenols is 1. The van der Waals surface area contributed by atoms with Gasteiger partial charge in [-0.3, -0.25) is 4.31 Å². The molecule has 0 aliphatic carbocycles. The lowest BCUT2D eigenvalue weighted by Crippen LogP contribution is -2.35. The largest absolute Gasteiger partial charge is 0.506 e. The molecule has 2 aromatic rings. The molecule has 1 aliphatic heterocycles. The number of hydrogen-bond donors (Lipinski definition) is 1. The smallest absolute Gasteiger partial charge is 0.266 e. The highest BCUT2D eigenvalue weighted by Gasteiger charge is 2.33. The van der Waals surface area contributed by atoms with Gasteiger partial charge in [0, 0.05) is 6.54 Å². The van der Waals surface area contributed by atoms with E-state index in [1.807, 2.05) is 6.07 Å². The molecule has 21 heavy (non-hydrogen) atoms. The molecule has 0 radical (unpaired) electrons. The number of anilines is 1. The Hall–Kier alpha value is -0.950. The molecule has 3 rings (SSSR count). The van der Waals surface area contributed by atoms with Crippen LogP contribution >= 0.6 is 34.5 Å². The molecule has 0 saturated heterocycles. The second-order valence-corrected chi connectivity index (χ2v) is 8.77. The standard InChI is InChI=1S/C13H11Cl2NO3S2/c14-11-7-10(13(15)20-11)21(18,19)16-6-2-4-8-3-1-5-9(17)12(8)16/h1,3,5,7,17H,2,4,6H2. The van der Waals surface area contributed by atoms with Crippen LogP contribution in [0.3, 0.4) is 0 Å². The van der Waals surface area contributed by atoms with Crippen LogP contribution in [0.2, 0.25) is 8.67 Å². The number of aromatic hydroxyl groups is 1. The van der Waals surface area contributed by atoms with Crippen LogP contribution in [0.1, 0.15) is 12.0 Å². The molecule has 0 amide bonds. The number of thiophene rings is 1. The van der Waals surface area contributed by atoms with Crippen LogP contribution in [0.25, 0.3) is 0 Å². The Morgan fingerprint density at radius 3 is 2.71 bits per heavy atom. The first-order chi connectivity index (χ1) is 9.91. The number of benzene rings is 1. The van der Waals surface area contributed by atoms with Crippen molar-refractivity contribution in [1.29, 1.82) is 0 Å². The molecule has 0 saturated carbocycles. The maximum Gasteiger partial charge on any atom is 0.266 e. The van der Waals surface area contributed by atoms with Gasteiger partial charge in [-0.15, -0.1) is 11.3 Å². The van der Waals surface area contributed by atoms with Crippen LogP contribution in [0.5, 0.6) is 5.75 Å². The van der Waals surface area contributed by atoms with E-state index >= 15 is 0 Å². The molecule has 1 N–H and O–H groups in total. The summed E-state index contributed by atoms with van der Waals surface area (Å²) in [5.41, 5.74) is 1.14. The van der Waals surface area contributed by atoms with Crippen molar-refractivity contribution < 1.29 is 13.5 Å². The van der Waals surface area contributed by atoms with Crippen LogP contribution in [-0.4, -0.2) is 20.1 Å². The van der Waals surface area contributed by atoms with Crippen LogP contribution in [-0.2, 0) is 16.4 Å². The van der Waals surface area contributed by atoms with Gasteiger partial charge >= 0.3 is 0 Å². The fourth-order valence-electron chi connectivity index (χ4n) is 2.45. The van der Waals surface area contributed by atoms with E-state index in [0.29, 0.717) is 23.0 Å². The van der Waals surface area contributed by atoms with Gasteiger partial charge in [0.15, 0.2) is 0 Å². The normalized spacial score (nSPS) is 15.0. The van der Waals surface area contributed by atoms with E-state index in [1.165, 1.54) is 16.4 Å². The average Bonchev–Trinajstić information content (AvgIpc) is 2.78. The number of aryl methyl sites for hydroxylation is 1. The first kappa shape index (κ1) is 15.0. The molecule has 0 spiro atoms. The van der Waals surface area contributed by atoms with Crippen LogP contribution in [0.4, 0.5) is 5.69 Å². The van der Waals surface area contributed by atoms with E-state index in [2.05, 4.69) is 0 Å². The van der Waals surface area contributed by atoms with Crippen LogP contribution in [0.15, 0.2) is 29.2 Å². The van der Waals surface area contributed by atoms with Crippen molar-refractivity contribution in [3.8, 4) is 5.75 Å². The second-order valence-electron chi connectivity index (χ2n) is 4.65. The Balaban J connectivity index is 2.16. The van der Waals surface area contributed by atoms with Crippen molar-refractivity contribution in [2.75, 3.05) is 10.8 Å². The predicted molar refractivity (Wildman–Crippen MR) is 85.3 cm³/mol. The molecule has 2 heterocycles. The predicted octanol–water partition coefficient (Wildman–Crippen LogP) is 3.90. The number of nitrogens with zero attached hydrogens (tertiary/aromatic N) is 1. The second kappa shape index (κ2) is 5.35. The Morgan fingerprint density at radius 2 is 2.05 bits per heavy atom. The summed E-state index contributed by atoms with van der Waals surface area (Å²) in [5, 5.41) is 10.0. The van der Waals surface area contributed by atoms with Gasteiger partial charge in [-0.1, -0.05) is 35.3 Å². The third-order valence-corrected chi connectivity index (χ3v) is 6.90. The lowest BCUT2D eigenvalue weighted by Gasteiger charge is -2.30. The lowest BCUT2D eigenvalue weighted by atomic mass is 10.0. The van der Waals surface area contributed by atoms with E-state index in [1.54, 1.807) is 6.07 Å². The number of para-hydroxylation sites is 1. The molecule has 0 unspecified atom stereocenters. The topological polar surface area (TPSA) is 57.6 Å². The number of fused-ring (bicyclic) bond motifs is 1. The summed E-state index contributed by atoms with van der Waals surface area (Å²) in [6, 6.07) is 6.35. The molecule has 0 fully saturated rings. The fraction of sp³-hybridized carbons (Fsp3) is 0.231. The van der Waals surface area contributed by atoms with Crippen molar-refractivity contribution in [2.24, 2.45) is 0 Å². The highest BCUT2D eigenvalue weighted by atomic mass is 35.5. The number of rotatable bonds is 2. The maximum atomic E-state index is 12.8. The monoisotopic (exact) mass is 363 g/mol. The van der Waals surface area contributed by atoms with E-state index < -0.39 is 10.0 Å². The van der Waals surface area contributed by atoms with Gasteiger partial charge in [-0.05, 0) is 30.5 Å². The van der Waals surface area contributed by atoms with Crippen molar-refractivity contribution >= 4 is 50.2 Å². The zero-order chi connectivity index (χ0) is 15.2. The summed E-state index contributed by atoms with van der Waals surface area (Å²) in [4.78, 5) is -0.0183. The number of sulfonamides is 1. The number of halogens is 2. The van der Waals surface area contributed by atoms with E-state index in [-0.39, 0.29) is 15.0 Å². The quantitative estimate of drug-likeness (QED) is 0.879. The third-order valence-electron chi connectivity index (χ3n) is 3.35. The van der Waals surface area contributed by atoms with Crippen LogP contribution in [0, 0.1) is 0 Å². The van der Waals surface area contributed by atoms with Crippen molar-refractivity contribution in [3.05, 3.63) is 38.5 Å². The summed E-state index contributed by atoms with van der Waals surface area (Å²) in [5.74, 6) is -0.0479. The minimum atomic E-state index is -3.84. The van der Waals surface area contributed by atoms with Gasteiger partial charge < -0.3 is 5.11 Å². The van der Waals surface area contributed by atoms with Gasteiger partial charge in [0.2, 0.25) is 0 Å². The summed E-state index contributed by atoms with van der Waals surface area (Å²) in [6.45, 7) is 0.302. The van der Waals surface area contributed by atoms with Gasteiger partial charge in [-0.25, -0.2) is 8.42 Å². The SMILES string of the molecule is O=S(=O)(c1cc(Cl)sc1Cl)N1CCCc2cccc(O)c21. The summed E-state index contributed by atoms with van der Waals surface area (Å²) < 4.78 is 27.3. The number of hydrogen-bond acceptors (Lipinski definition) is 4. The molecule has 8 heteroatoms. The first-order valence-corrected chi connectivity index (χ1v) is 9.21.